The van der Waals surface area contributed by atoms with Crippen molar-refractivity contribution in [2.75, 3.05) is 0 Å². The van der Waals surface area contributed by atoms with Gasteiger partial charge in [-0.2, -0.15) is 0 Å². The molecule has 6 heteroatoms. The van der Waals surface area contributed by atoms with Gasteiger partial charge < -0.3 is 8.98 Å². The predicted molar refractivity (Wildman–Crippen MR) is 246 cm³/mol. The molecule has 0 aliphatic rings. The molecule has 13 aromatic rings. The van der Waals surface area contributed by atoms with E-state index in [1.807, 2.05) is 30.3 Å². The van der Waals surface area contributed by atoms with E-state index in [1.165, 1.54) is 52.8 Å². The SMILES string of the molecule is c1ccc(-c2nc(-c3ccc4c(c3)oc3ccc5ccc(-n6c7ccccc7c7cc8ccccc8cc76)cc5c34)nc(-c3ccc4c(c3)sc3ccccc34)n2)cc1. The van der Waals surface area contributed by atoms with Gasteiger partial charge in [-0.05, 0) is 82.2 Å². The van der Waals surface area contributed by atoms with Crippen molar-refractivity contribution in [2.45, 2.75) is 0 Å². The molecule has 0 saturated heterocycles. The van der Waals surface area contributed by atoms with Crippen molar-refractivity contribution in [1.82, 2.24) is 19.5 Å². The molecule has 0 spiro atoms. The van der Waals surface area contributed by atoms with Gasteiger partial charge in [-0.1, -0.05) is 121 Å². The molecule has 274 valence electrons. The molecule has 0 atom stereocenters. The Morgan fingerprint density at radius 1 is 0.373 bits per heavy atom. The van der Waals surface area contributed by atoms with E-state index >= 15 is 0 Å². The van der Waals surface area contributed by atoms with Crippen LogP contribution >= 0.6 is 11.3 Å². The van der Waals surface area contributed by atoms with Gasteiger partial charge in [0, 0.05) is 64.1 Å². The second kappa shape index (κ2) is 12.4. The quantitative estimate of drug-likeness (QED) is 0.179. The first-order valence-corrected chi connectivity index (χ1v) is 20.6. The summed E-state index contributed by atoms with van der Waals surface area (Å²) in [6, 6.07) is 64.5. The number of para-hydroxylation sites is 1. The van der Waals surface area contributed by atoms with Gasteiger partial charge in [0.15, 0.2) is 17.5 Å². The minimum absolute atomic E-state index is 0.596. The number of furan rings is 1. The molecule has 0 radical (unpaired) electrons. The molecule has 0 fully saturated rings. The molecule has 0 bridgehead atoms. The van der Waals surface area contributed by atoms with Crippen LogP contribution in [-0.4, -0.2) is 19.5 Å². The van der Waals surface area contributed by atoms with Crippen LogP contribution in [0, 0.1) is 0 Å². The average Bonchev–Trinajstić information content (AvgIpc) is 3.97. The van der Waals surface area contributed by atoms with E-state index in [0.717, 1.165) is 55.1 Å². The Morgan fingerprint density at radius 2 is 1.03 bits per heavy atom. The summed E-state index contributed by atoms with van der Waals surface area (Å²) in [5, 5.41) is 11.9. The fourth-order valence-electron chi connectivity index (χ4n) is 9.01. The maximum atomic E-state index is 6.67. The maximum absolute atomic E-state index is 6.67. The third-order valence-electron chi connectivity index (χ3n) is 11.8. The monoisotopic (exact) mass is 770 g/mol. The summed E-state index contributed by atoms with van der Waals surface area (Å²) >= 11 is 1.79. The fraction of sp³-hybridized carbons (Fsp3) is 0. The first-order valence-electron chi connectivity index (χ1n) is 19.8. The van der Waals surface area contributed by atoms with E-state index in [2.05, 4.69) is 156 Å². The Balaban J connectivity index is 0.976. The van der Waals surface area contributed by atoms with Crippen LogP contribution in [-0.2, 0) is 0 Å². The molecule has 0 N–H and O–H groups in total. The number of aromatic nitrogens is 4. The molecular formula is C53H30N4OS. The van der Waals surface area contributed by atoms with Gasteiger partial charge in [0.1, 0.15) is 11.2 Å². The van der Waals surface area contributed by atoms with Gasteiger partial charge in [-0.15, -0.1) is 11.3 Å². The summed E-state index contributed by atoms with van der Waals surface area (Å²) < 4.78 is 11.5. The molecule has 0 aliphatic heterocycles. The highest BCUT2D eigenvalue weighted by Crippen LogP contribution is 2.41. The molecule has 13 rings (SSSR count). The van der Waals surface area contributed by atoms with E-state index in [9.17, 15) is 0 Å². The largest absolute Gasteiger partial charge is 0.456 e. The molecule has 9 aromatic carbocycles. The number of thiophene rings is 1. The van der Waals surface area contributed by atoms with Crippen LogP contribution in [0.15, 0.2) is 186 Å². The summed E-state index contributed by atoms with van der Waals surface area (Å²) in [6.45, 7) is 0. The lowest BCUT2D eigenvalue weighted by atomic mass is 10.0. The third-order valence-corrected chi connectivity index (χ3v) is 12.9. The van der Waals surface area contributed by atoms with Gasteiger partial charge >= 0.3 is 0 Å². The predicted octanol–water partition coefficient (Wildman–Crippen LogP) is 14.5. The Labute approximate surface area is 341 Å². The fourth-order valence-corrected chi connectivity index (χ4v) is 10.2. The van der Waals surface area contributed by atoms with E-state index in [4.69, 9.17) is 19.4 Å². The molecule has 0 saturated carbocycles. The number of hydrogen-bond acceptors (Lipinski definition) is 5. The molecule has 0 amide bonds. The highest BCUT2D eigenvalue weighted by molar-refractivity contribution is 7.25. The van der Waals surface area contributed by atoms with Crippen LogP contribution < -0.4 is 0 Å². The van der Waals surface area contributed by atoms with E-state index in [1.54, 1.807) is 11.3 Å². The smallest absolute Gasteiger partial charge is 0.164 e. The molecule has 4 heterocycles. The van der Waals surface area contributed by atoms with Crippen molar-refractivity contribution >= 4 is 96.8 Å². The van der Waals surface area contributed by atoms with Crippen LogP contribution in [0.4, 0.5) is 0 Å². The number of benzene rings is 9. The van der Waals surface area contributed by atoms with Crippen LogP contribution in [0.3, 0.4) is 0 Å². The summed E-state index contributed by atoms with van der Waals surface area (Å²) in [5.41, 5.74) is 7.86. The Bertz CT molecular complexity index is 3860. The lowest BCUT2D eigenvalue weighted by molar-refractivity contribution is 0.669. The van der Waals surface area contributed by atoms with Crippen LogP contribution in [0.2, 0.25) is 0 Å². The second-order valence-electron chi connectivity index (χ2n) is 15.2. The molecule has 0 aliphatic carbocycles. The van der Waals surface area contributed by atoms with Crippen molar-refractivity contribution in [3.05, 3.63) is 182 Å². The zero-order valence-electron chi connectivity index (χ0n) is 31.4. The van der Waals surface area contributed by atoms with E-state index in [0.29, 0.717) is 17.5 Å². The Hall–Kier alpha value is -7.67. The minimum atomic E-state index is 0.596. The second-order valence-corrected chi connectivity index (χ2v) is 16.3. The summed E-state index contributed by atoms with van der Waals surface area (Å²) in [5.74, 6) is 1.86. The van der Waals surface area contributed by atoms with Crippen molar-refractivity contribution in [2.24, 2.45) is 0 Å². The summed E-state index contributed by atoms with van der Waals surface area (Å²) in [6.07, 6.45) is 0. The Morgan fingerprint density at radius 3 is 1.88 bits per heavy atom. The minimum Gasteiger partial charge on any atom is -0.456 e. The molecular weight excluding hydrogens is 741 g/mol. The first kappa shape index (κ1) is 32.4. The van der Waals surface area contributed by atoms with Gasteiger partial charge in [-0.3, -0.25) is 0 Å². The number of fused-ring (bicyclic) bond motifs is 12. The Kier molecular flexibility index (Phi) is 6.82. The van der Waals surface area contributed by atoms with Crippen LogP contribution in [0.25, 0.3) is 125 Å². The average molecular weight is 771 g/mol. The van der Waals surface area contributed by atoms with E-state index in [-0.39, 0.29) is 0 Å². The maximum Gasteiger partial charge on any atom is 0.164 e. The lowest BCUT2D eigenvalue weighted by Crippen LogP contribution is -2.00. The van der Waals surface area contributed by atoms with Crippen molar-refractivity contribution < 1.29 is 4.42 Å². The third kappa shape index (κ3) is 5.00. The normalized spacial score (nSPS) is 12.1. The molecule has 0 unspecified atom stereocenters. The summed E-state index contributed by atoms with van der Waals surface area (Å²) in [7, 11) is 0. The van der Waals surface area contributed by atoms with Gasteiger partial charge in [0.25, 0.3) is 0 Å². The zero-order chi connectivity index (χ0) is 38.6. The van der Waals surface area contributed by atoms with Crippen molar-refractivity contribution in [1.29, 1.82) is 0 Å². The first-order chi connectivity index (χ1) is 29.2. The standard InChI is InChI=1S/C53H30N4OS/c1-2-10-32(11-3-1)51-54-52(56-53(55-51)36-19-23-40-39-15-7-9-17-48(39)59-49(40)29-36)35-20-24-41-47(28-35)58-46-25-21-31-18-22-37(30-42(31)50(41)46)57-44-16-8-6-14-38(44)43-26-33-12-4-5-13-34(33)27-45(43)57/h1-30H. The van der Waals surface area contributed by atoms with E-state index < -0.39 is 0 Å². The highest BCUT2D eigenvalue weighted by atomic mass is 32.1. The molecule has 5 nitrogen and oxygen atoms in total. The van der Waals surface area contributed by atoms with Gasteiger partial charge in [-0.25, -0.2) is 15.0 Å². The number of rotatable bonds is 4. The molecule has 4 aromatic heterocycles. The topological polar surface area (TPSA) is 56.7 Å². The zero-order valence-corrected chi connectivity index (χ0v) is 32.2. The van der Waals surface area contributed by atoms with Gasteiger partial charge in [0.05, 0.1) is 11.0 Å². The van der Waals surface area contributed by atoms with Crippen molar-refractivity contribution in [3.8, 4) is 39.9 Å². The lowest BCUT2D eigenvalue weighted by Gasteiger charge is -2.10. The summed E-state index contributed by atoms with van der Waals surface area (Å²) in [4.78, 5) is 15.2. The van der Waals surface area contributed by atoms with Crippen LogP contribution in [0.5, 0.6) is 0 Å². The number of nitrogens with zero attached hydrogens (tertiary/aromatic N) is 4. The molecule has 59 heavy (non-hydrogen) atoms. The van der Waals surface area contributed by atoms with Gasteiger partial charge in [0.2, 0.25) is 0 Å². The number of hydrogen-bond donors (Lipinski definition) is 0. The highest BCUT2D eigenvalue weighted by Gasteiger charge is 2.19. The van der Waals surface area contributed by atoms with Crippen LogP contribution in [0.1, 0.15) is 0 Å². The van der Waals surface area contributed by atoms with Crippen molar-refractivity contribution in [3.63, 3.8) is 0 Å².